The number of rotatable bonds is 5. The molecule has 1 amide bonds. The molecule has 3 rings (SSSR count). The van der Waals surface area contributed by atoms with Crippen LogP contribution in [0.2, 0.25) is 0 Å². The van der Waals surface area contributed by atoms with Gasteiger partial charge in [0.05, 0.1) is 30.2 Å². The smallest absolute Gasteiger partial charge is 0.253 e. The molecule has 0 unspecified atom stereocenters. The molecular formula is C19H22BrN3O2. The second kappa shape index (κ2) is 8.56. The van der Waals surface area contributed by atoms with E-state index < -0.39 is 0 Å². The number of benzene rings is 1. The van der Waals surface area contributed by atoms with Crippen molar-refractivity contribution >= 4 is 21.8 Å². The number of hydrogen-bond donors (Lipinski definition) is 1. The van der Waals surface area contributed by atoms with Gasteiger partial charge in [-0.15, -0.1) is 0 Å². The van der Waals surface area contributed by atoms with Gasteiger partial charge in [0.1, 0.15) is 0 Å². The van der Waals surface area contributed by atoms with Crippen molar-refractivity contribution in [2.45, 2.75) is 6.92 Å². The van der Waals surface area contributed by atoms with E-state index in [2.05, 4.69) is 31.1 Å². The average Bonchev–Trinajstić information content (AvgIpc) is 2.62. The Bertz CT molecular complexity index is 745. The van der Waals surface area contributed by atoms with E-state index in [0.717, 1.165) is 54.3 Å². The molecule has 0 radical (unpaired) electrons. The molecule has 0 spiro atoms. The van der Waals surface area contributed by atoms with Crippen LogP contribution in [0.5, 0.6) is 0 Å². The van der Waals surface area contributed by atoms with Crippen molar-refractivity contribution in [3.8, 4) is 11.3 Å². The van der Waals surface area contributed by atoms with Gasteiger partial charge >= 0.3 is 0 Å². The van der Waals surface area contributed by atoms with Crippen LogP contribution in [-0.2, 0) is 4.74 Å². The van der Waals surface area contributed by atoms with Gasteiger partial charge in [-0.2, -0.15) is 0 Å². The lowest BCUT2D eigenvalue weighted by Gasteiger charge is -2.26. The Balaban J connectivity index is 1.61. The van der Waals surface area contributed by atoms with E-state index in [4.69, 9.17) is 4.74 Å². The van der Waals surface area contributed by atoms with Crippen molar-refractivity contribution < 1.29 is 9.53 Å². The lowest BCUT2D eigenvalue weighted by atomic mass is 10.1. The van der Waals surface area contributed by atoms with Crippen molar-refractivity contribution in [2.75, 3.05) is 39.4 Å². The summed E-state index contributed by atoms with van der Waals surface area (Å²) in [5, 5.41) is 2.99. The fourth-order valence-corrected chi connectivity index (χ4v) is 3.26. The molecule has 25 heavy (non-hydrogen) atoms. The Kier molecular flexibility index (Phi) is 6.18. The maximum atomic E-state index is 12.4. The van der Waals surface area contributed by atoms with Crippen LogP contribution < -0.4 is 5.32 Å². The third-order valence-electron chi connectivity index (χ3n) is 4.27. The van der Waals surface area contributed by atoms with Crippen molar-refractivity contribution in [3.63, 3.8) is 0 Å². The number of halogens is 1. The first-order chi connectivity index (χ1) is 12.1. The van der Waals surface area contributed by atoms with Gasteiger partial charge in [0.25, 0.3) is 5.91 Å². The minimum Gasteiger partial charge on any atom is -0.379 e. The van der Waals surface area contributed by atoms with E-state index in [0.29, 0.717) is 12.1 Å². The van der Waals surface area contributed by atoms with Gasteiger partial charge in [-0.05, 0) is 31.2 Å². The summed E-state index contributed by atoms with van der Waals surface area (Å²) in [7, 11) is 0. The SMILES string of the molecule is Cc1nc(-c2cccc(Br)c2)ccc1C(=O)NCCN1CCOCC1. The van der Waals surface area contributed by atoms with Gasteiger partial charge in [-0.1, -0.05) is 28.1 Å². The highest BCUT2D eigenvalue weighted by molar-refractivity contribution is 9.10. The summed E-state index contributed by atoms with van der Waals surface area (Å²) < 4.78 is 6.34. The van der Waals surface area contributed by atoms with Crippen LogP contribution in [0.15, 0.2) is 40.9 Å². The molecule has 1 aliphatic heterocycles. The number of amides is 1. The summed E-state index contributed by atoms with van der Waals surface area (Å²) in [5.41, 5.74) is 3.25. The van der Waals surface area contributed by atoms with Gasteiger partial charge in [0.2, 0.25) is 0 Å². The lowest BCUT2D eigenvalue weighted by molar-refractivity contribution is 0.0383. The molecule has 0 bridgehead atoms. The topological polar surface area (TPSA) is 54.5 Å². The monoisotopic (exact) mass is 403 g/mol. The fourth-order valence-electron chi connectivity index (χ4n) is 2.86. The number of nitrogens with one attached hydrogen (secondary N) is 1. The van der Waals surface area contributed by atoms with Gasteiger partial charge in [-0.3, -0.25) is 14.7 Å². The molecule has 0 atom stereocenters. The van der Waals surface area contributed by atoms with Crippen molar-refractivity contribution in [3.05, 3.63) is 52.1 Å². The first-order valence-electron chi connectivity index (χ1n) is 8.45. The number of morpholine rings is 1. The van der Waals surface area contributed by atoms with Crippen LogP contribution in [0.25, 0.3) is 11.3 Å². The van der Waals surface area contributed by atoms with Crippen molar-refractivity contribution in [2.24, 2.45) is 0 Å². The molecule has 1 aromatic carbocycles. The number of aromatic nitrogens is 1. The molecule has 132 valence electrons. The minimum atomic E-state index is -0.0703. The summed E-state index contributed by atoms with van der Waals surface area (Å²) in [6.45, 7) is 6.75. The Labute approximate surface area is 156 Å². The normalized spacial score (nSPS) is 15.1. The molecule has 0 aliphatic carbocycles. The molecule has 1 aromatic heterocycles. The maximum Gasteiger partial charge on any atom is 0.253 e. The second-order valence-corrected chi connectivity index (χ2v) is 6.97. The van der Waals surface area contributed by atoms with Gasteiger partial charge in [-0.25, -0.2) is 0 Å². The molecular weight excluding hydrogens is 382 g/mol. The Morgan fingerprint density at radius 2 is 2.08 bits per heavy atom. The largest absolute Gasteiger partial charge is 0.379 e. The summed E-state index contributed by atoms with van der Waals surface area (Å²) in [6.07, 6.45) is 0. The van der Waals surface area contributed by atoms with E-state index in [-0.39, 0.29) is 5.91 Å². The lowest BCUT2D eigenvalue weighted by Crippen LogP contribution is -2.41. The number of ether oxygens (including phenoxy) is 1. The maximum absolute atomic E-state index is 12.4. The molecule has 0 saturated carbocycles. The number of carbonyl (C=O) groups excluding carboxylic acids is 1. The zero-order valence-corrected chi connectivity index (χ0v) is 15.9. The molecule has 1 saturated heterocycles. The first-order valence-corrected chi connectivity index (χ1v) is 9.24. The molecule has 2 aromatic rings. The number of nitrogens with zero attached hydrogens (tertiary/aromatic N) is 2. The zero-order valence-electron chi connectivity index (χ0n) is 14.3. The number of aryl methyl sites for hydroxylation is 1. The second-order valence-electron chi connectivity index (χ2n) is 6.05. The van der Waals surface area contributed by atoms with Gasteiger partial charge in [0.15, 0.2) is 0 Å². The van der Waals surface area contributed by atoms with Crippen LogP contribution in [0.3, 0.4) is 0 Å². The Morgan fingerprint density at radius 1 is 1.28 bits per heavy atom. The predicted molar refractivity (Wildman–Crippen MR) is 102 cm³/mol. The summed E-state index contributed by atoms with van der Waals surface area (Å²) in [6, 6.07) is 11.7. The minimum absolute atomic E-state index is 0.0703. The van der Waals surface area contributed by atoms with Gasteiger partial charge < -0.3 is 10.1 Å². The number of pyridine rings is 1. The third kappa shape index (κ3) is 4.87. The first kappa shape index (κ1) is 18.0. The van der Waals surface area contributed by atoms with Crippen molar-refractivity contribution in [1.29, 1.82) is 0 Å². The molecule has 1 N–H and O–H groups in total. The molecule has 5 nitrogen and oxygen atoms in total. The summed E-state index contributed by atoms with van der Waals surface area (Å²) in [4.78, 5) is 19.3. The van der Waals surface area contributed by atoms with E-state index in [9.17, 15) is 4.79 Å². The van der Waals surface area contributed by atoms with Crippen molar-refractivity contribution in [1.82, 2.24) is 15.2 Å². The van der Waals surface area contributed by atoms with Gasteiger partial charge in [0, 0.05) is 36.2 Å². The average molecular weight is 404 g/mol. The summed E-state index contributed by atoms with van der Waals surface area (Å²) >= 11 is 3.47. The van der Waals surface area contributed by atoms with E-state index >= 15 is 0 Å². The Hall–Kier alpha value is -1.76. The number of hydrogen-bond acceptors (Lipinski definition) is 4. The van der Waals surface area contributed by atoms with Crippen LogP contribution in [-0.4, -0.2) is 55.2 Å². The van der Waals surface area contributed by atoms with Crippen LogP contribution in [0.1, 0.15) is 16.1 Å². The molecule has 1 fully saturated rings. The Morgan fingerprint density at radius 3 is 2.80 bits per heavy atom. The van der Waals surface area contributed by atoms with Crippen LogP contribution in [0.4, 0.5) is 0 Å². The highest BCUT2D eigenvalue weighted by Gasteiger charge is 2.13. The van der Waals surface area contributed by atoms with E-state index in [1.165, 1.54) is 0 Å². The van der Waals surface area contributed by atoms with E-state index in [1.54, 1.807) is 0 Å². The van der Waals surface area contributed by atoms with E-state index in [1.807, 2.05) is 43.3 Å². The third-order valence-corrected chi connectivity index (χ3v) is 4.76. The van der Waals surface area contributed by atoms with Crippen LogP contribution in [0, 0.1) is 6.92 Å². The van der Waals surface area contributed by atoms with Crippen LogP contribution >= 0.6 is 15.9 Å². The summed E-state index contributed by atoms with van der Waals surface area (Å²) in [5.74, 6) is -0.0703. The standard InChI is InChI=1S/C19H22BrN3O2/c1-14-17(19(24)21-7-8-23-9-11-25-12-10-23)5-6-18(22-14)15-3-2-4-16(20)13-15/h2-6,13H,7-12H2,1H3,(H,21,24). The zero-order chi connectivity index (χ0) is 17.6. The predicted octanol–water partition coefficient (Wildman–Crippen LogP) is 2.88. The highest BCUT2D eigenvalue weighted by Crippen LogP contribution is 2.22. The fraction of sp³-hybridized carbons (Fsp3) is 0.368. The molecule has 2 heterocycles. The molecule has 1 aliphatic rings. The quantitative estimate of drug-likeness (QED) is 0.833. The highest BCUT2D eigenvalue weighted by atomic mass is 79.9. The molecule has 6 heteroatoms. The number of carbonyl (C=O) groups is 1.